The van der Waals surface area contributed by atoms with Gasteiger partial charge in [-0.2, -0.15) is 11.3 Å². The Morgan fingerprint density at radius 1 is 1.32 bits per heavy atom. The number of thiophene rings is 1. The molecule has 1 atom stereocenters. The highest BCUT2D eigenvalue weighted by atomic mass is 32.1. The number of hydrogen-bond acceptors (Lipinski definition) is 5. The molecule has 1 aliphatic rings. The molecule has 4 aromatic rings. The molecule has 28 heavy (non-hydrogen) atoms. The number of rotatable bonds is 4. The molecule has 2 amide bonds. The van der Waals surface area contributed by atoms with Crippen LogP contribution in [-0.4, -0.2) is 38.6 Å². The zero-order chi connectivity index (χ0) is 18.9. The number of pyridine rings is 1. The van der Waals surface area contributed by atoms with Gasteiger partial charge in [-0.3, -0.25) is 0 Å². The Kier molecular flexibility index (Phi) is 4.32. The van der Waals surface area contributed by atoms with Crippen LogP contribution in [0.15, 0.2) is 58.0 Å². The average molecular weight is 393 g/mol. The fourth-order valence-electron chi connectivity index (χ4n) is 3.70. The number of nitrogens with one attached hydrogen (secondary N) is 1. The molecule has 4 aromatic heterocycles. The van der Waals surface area contributed by atoms with Gasteiger partial charge in [0.05, 0.1) is 18.8 Å². The van der Waals surface area contributed by atoms with Gasteiger partial charge < -0.3 is 19.2 Å². The number of carbonyl (C=O) groups excluding carboxylic acids is 1. The second-order valence-electron chi connectivity index (χ2n) is 6.79. The molecule has 0 aromatic carbocycles. The number of amides is 2. The van der Waals surface area contributed by atoms with Crippen LogP contribution in [-0.2, 0) is 6.54 Å². The quantitative estimate of drug-likeness (QED) is 0.570. The van der Waals surface area contributed by atoms with Crippen molar-refractivity contribution >= 4 is 28.5 Å². The normalized spacial score (nSPS) is 16.7. The van der Waals surface area contributed by atoms with Crippen molar-refractivity contribution in [1.29, 1.82) is 0 Å². The van der Waals surface area contributed by atoms with Crippen LogP contribution in [0.25, 0.3) is 22.6 Å². The Hall–Kier alpha value is -3.13. The van der Waals surface area contributed by atoms with Gasteiger partial charge >= 0.3 is 6.03 Å². The third-order valence-corrected chi connectivity index (χ3v) is 5.72. The lowest BCUT2D eigenvalue weighted by atomic mass is 10.2. The van der Waals surface area contributed by atoms with Crippen LogP contribution in [0.2, 0.25) is 0 Å². The summed E-state index contributed by atoms with van der Waals surface area (Å²) in [5, 5.41) is 7.08. The lowest BCUT2D eigenvalue weighted by Gasteiger charge is -2.19. The van der Waals surface area contributed by atoms with E-state index in [0.29, 0.717) is 19.6 Å². The molecular weight excluding hydrogens is 374 g/mol. The third-order valence-electron chi connectivity index (χ3n) is 5.04. The Morgan fingerprint density at radius 2 is 2.29 bits per heavy atom. The lowest BCUT2D eigenvalue weighted by molar-refractivity contribution is 0.206. The number of likely N-dealkylation sites (tertiary alicyclic amines) is 1. The second-order valence-corrected chi connectivity index (χ2v) is 7.57. The summed E-state index contributed by atoms with van der Waals surface area (Å²) in [5.74, 6) is 1.66. The van der Waals surface area contributed by atoms with Crippen LogP contribution < -0.4 is 5.32 Å². The lowest BCUT2D eigenvalue weighted by Crippen LogP contribution is -2.38. The number of aromatic nitrogens is 3. The Bertz CT molecular complexity index is 1090. The first-order chi connectivity index (χ1) is 13.8. The zero-order valence-corrected chi connectivity index (χ0v) is 15.9. The molecule has 1 aliphatic heterocycles. The van der Waals surface area contributed by atoms with E-state index in [2.05, 4.69) is 31.7 Å². The van der Waals surface area contributed by atoms with Crippen molar-refractivity contribution in [1.82, 2.24) is 24.8 Å². The topological polar surface area (TPSA) is 76.2 Å². The molecular formula is C20H19N5O2S. The van der Waals surface area contributed by atoms with E-state index in [1.807, 2.05) is 29.2 Å². The highest BCUT2D eigenvalue weighted by Crippen LogP contribution is 2.32. The maximum absolute atomic E-state index is 12.6. The van der Waals surface area contributed by atoms with E-state index in [4.69, 9.17) is 9.40 Å². The number of carbonyl (C=O) groups is 1. The Balaban J connectivity index is 1.39. The minimum absolute atomic E-state index is 0.0756. The summed E-state index contributed by atoms with van der Waals surface area (Å²) in [6.07, 6.45) is 4.27. The van der Waals surface area contributed by atoms with Crippen LogP contribution in [0.4, 0.5) is 4.79 Å². The van der Waals surface area contributed by atoms with Crippen molar-refractivity contribution in [2.45, 2.75) is 19.0 Å². The summed E-state index contributed by atoms with van der Waals surface area (Å²) < 4.78 is 7.47. The number of imidazole rings is 1. The predicted octanol–water partition coefficient (Wildman–Crippen LogP) is 3.91. The molecule has 0 aliphatic carbocycles. The molecule has 0 unspecified atom stereocenters. The van der Waals surface area contributed by atoms with Gasteiger partial charge in [0.25, 0.3) is 0 Å². The molecule has 1 saturated heterocycles. The fraction of sp³-hybridized carbons (Fsp3) is 0.250. The van der Waals surface area contributed by atoms with Crippen LogP contribution in [0.1, 0.15) is 18.2 Å². The van der Waals surface area contributed by atoms with E-state index in [-0.39, 0.29) is 12.1 Å². The molecule has 8 heteroatoms. The maximum atomic E-state index is 12.6. The molecule has 1 fully saturated rings. The minimum atomic E-state index is -0.0756. The van der Waals surface area contributed by atoms with Crippen molar-refractivity contribution in [3.8, 4) is 11.4 Å². The van der Waals surface area contributed by atoms with E-state index in [9.17, 15) is 4.79 Å². The highest BCUT2D eigenvalue weighted by Gasteiger charge is 2.30. The van der Waals surface area contributed by atoms with E-state index < -0.39 is 0 Å². The summed E-state index contributed by atoms with van der Waals surface area (Å²) in [7, 11) is 0. The van der Waals surface area contributed by atoms with E-state index >= 15 is 0 Å². The first kappa shape index (κ1) is 17.0. The smallest absolute Gasteiger partial charge is 0.317 e. The predicted molar refractivity (Wildman–Crippen MR) is 107 cm³/mol. The maximum Gasteiger partial charge on any atom is 0.317 e. The van der Waals surface area contributed by atoms with Crippen molar-refractivity contribution < 1.29 is 9.21 Å². The SMILES string of the molecule is O=C(NCc1ccco1)N1CC[C@H](n2c(-c3ccsc3)nc3cccnc32)C1. The van der Waals surface area contributed by atoms with Gasteiger partial charge in [0.15, 0.2) is 5.65 Å². The van der Waals surface area contributed by atoms with Crippen LogP contribution >= 0.6 is 11.3 Å². The summed E-state index contributed by atoms with van der Waals surface area (Å²) in [6.45, 7) is 1.72. The summed E-state index contributed by atoms with van der Waals surface area (Å²) in [6, 6.07) is 9.69. The fourth-order valence-corrected chi connectivity index (χ4v) is 4.33. The number of furan rings is 1. The molecule has 1 N–H and O–H groups in total. The van der Waals surface area contributed by atoms with Gasteiger partial charge in [0, 0.05) is 30.2 Å². The van der Waals surface area contributed by atoms with Gasteiger partial charge in [0.1, 0.15) is 17.1 Å². The van der Waals surface area contributed by atoms with E-state index in [1.54, 1.807) is 23.8 Å². The van der Waals surface area contributed by atoms with E-state index in [0.717, 1.165) is 34.7 Å². The minimum Gasteiger partial charge on any atom is -0.467 e. The molecule has 0 spiro atoms. The third kappa shape index (κ3) is 3.05. The molecule has 5 heterocycles. The van der Waals surface area contributed by atoms with Crippen LogP contribution in [0.5, 0.6) is 0 Å². The Morgan fingerprint density at radius 3 is 3.11 bits per heavy atom. The van der Waals surface area contributed by atoms with Crippen molar-refractivity contribution in [2.24, 2.45) is 0 Å². The standard InChI is InChI=1S/C20H19N5O2S/c26-20(22-11-16-3-2-9-27-16)24-8-5-15(12-24)25-18(14-6-10-28-13-14)23-17-4-1-7-21-19(17)25/h1-4,6-7,9-10,13,15H,5,8,11-12H2,(H,22,26)/t15-/m0/s1. The molecule has 7 nitrogen and oxygen atoms in total. The van der Waals surface area contributed by atoms with Gasteiger partial charge in [-0.25, -0.2) is 14.8 Å². The summed E-state index contributed by atoms with van der Waals surface area (Å²) >= 11 is 1.65. The summed E-state index contributed by atoms with van der Waals surface area (Å²) in [4.78, 5) is 23.8. The monoisotopic (exact) mass is 393 g/mol. The molecule has 0 radical (unpaired) electrons. The van der Waals surface area contributed by atoms with Gasteiger partial charge in [0.2, 0.25) is 0 Å². The number of hydrogen-bond donors (Lipinski definition) is 1. The van der Waals surface area contributed by atoms with Gasteiger partial charge in [-0.05, 0) is 42.1 Å². The van der Waals surface area contributed by atoms with Crippen molar-refractivity contribution in [2.75, 3.05) is 13.1 Å². The average Bonchev–Trinajstić information content (AvgIpc) is 3.51. The summed E-state index contributed by atoms with van der Waals surface area (Å²) in [5.41, 5.74) is 2.83. The highest BCUT2D eigenvalue weighted by molar-refractivity contribution is 7.08. The van der Waals surface area contributed by atoms with Crippen molar-refractivity contribution in [3.63, 3.8) is 0 Å². The second kappa shape index (κ2) is 7.12. The number of fused-ring (bicyclic) bond motifs is 1. The Labute approximate surface area is 165 Å². The first-order valence-corrected chi connectivity index (χ1v) is 10.1. The van der Waals surface area contributed by atoms with Gasteiger partial charge in [-0.15, -0.1) is 0 Å². The van der Waals surface area contributed by atoms with Crippen LogP contribution in [0, 0.1) is 0 Å². The van der Waals surface area contributed by atoms with Crippen molar-refractivity contribution in [3.05, 3.63) is 59.3 Å². The molecule has 0 saturated carbocycles. The molecule has 5 rings (SSSR count). The molecule has 0 bridgehead atoms. The largest absolute Gasteiger partial charge is 0.467 e. The first-order valence-electron chi connectivity index (χ1n) is 9.20. The van der Waals surface area contributed by atoms with Crippen LogP contribution in [0.3, 0.4) is 0 Å². The molecule has 142 valence electrons. The number of nitrogens with zero attached hydrogens (tertiary/aromatic N) is 4. The zero-order valence-electron chi connectivity index (χ0n) is 15.1. The van der Waals surface area contributed by atoms with Gasteiger partial charge in [-0.1, -0.05) is 0 Å². The van der Waals surface area contributed by atoms with E-state index in [1.165, 1.54) is 0 Å². The number of urea groups is 1.